The lowest BCUT2D eigenvalue weighted by molar-refractivity contribution is 0.112. The maximum atomic E-state index is 13.5. The molecule has 4 rings (SSSR count). The highest BCUT2D eigenvalue weighted by Crippen LogP contribution is 2.34. The molecule has 6 heteroatoms. The van der Waals surface area contributed by atoms with Gasteiger partial charge >= 0.3 is 0 Å². The maximum Gasteiger partial charge on any atom is 0.268 e. The van der Waals surface area contributed by atoms with Crippen LogP contribution in [0.5, 0.6) is 0 Å². The molecule has 0 radical (unpaired) electrons. The van der Waals surface area contributed by atoms with Crippen molar-refractivity contribution in [3.8, 4) is 11.1 Å². The van der Waals surface area contributed by atoms with Crippen molar-refractivity contribution < 1.29 is 13.2 Å². The molecule has 0 spiro atoms. The molecular weight excluding hydrogens is 382 g/mol. The molecule has 0 saturated carbocycles. The van der Waals surface area contributed by atoms with Crippen molar-refractivity contribution in [2.45, 2.75) is 4.90 Å². The van der Waals surface area contributed by atoms with E-state index in [9.17, 15) is 13.2 Å². The minimum absolute atomic E-state index is 0.122. The highest BCUT2D eigenvalue weighted by Gasteiger charge is 2.24. The van der Waals surface area contributed by atoms with E-state index in [0.29, 0.717) is 38.9 Å². The van der Waals surface area contributed by atoms with Crippen LogP contribution in [0.3, 0.4) is 0 Å². The van der Waals surface area contributed by atoms with Crippen molar-refractivity contribution in [2.24, 2.45) is 0 Å². The third kappa shape index (κ3) is 2.85. The van der Waals surface area contributed by atoms with Gasteiger partial charge in [0.25, 0.3) is 10.0 Å². The third-order valence-corrected chi connectivity index (χ3v) is 6.49. The van der Waals surface area contributed by atoms with Crippen molar-refractivity contribution in [1.29, 1.82) is 0 Å². The fourth-order valence-corrected chi connectivity index (χ4v) is 4.99. The van der Waals surface area contributed by atoms with Crippen LogP contribution >= 0.6 is 11.6 Å². The average Bonchev–Trinajstić information content (AvgIpc) is 3.08. The number of carbonyl (C=O) groups is 1. The number of aromatic nitrogens is 1. The van der Waals surface area contributed by atoms with Crippen LogP contribution in [0.15, 0.2) is 83.9 Å². The van der Waals surface area contributed by atoms with Crippen LogP contribution in [0.1, 0.15) is 10.4 Å². The molecule has 0 aliphatic heterocycles. The molecule has 0 fully saturated rings. The van der Waals surface area contributed by atoms with Crippen LogP contribution in [0.4, 0.5) is 0 Å². The minimum atomic E-state index is -3.95. The number of hydrogen-bond donors (Lipinski definition) is 0. The Hall–Kier alpha value is -2.89. The summed E-state index contributed by atoms with van der Waals surface area (Å²) in [5.41, 5.74) is 1.91. The van der Waals surface area contributed by atoms with Gasteiger partial charge in [0.2, 0.25) is 0 Å². The van der Waals surface area contributed by atoms with E-state index in [1.165, 1.54) is 6.20 Å². The van der Waals surface area contributed by atoms with Gasteiger partial charge in [-0.05, 0) is 18.2 Å². The first-order valence-corrected chi connectivity index (χ1v) is 10.0. The van der Waals surface area contributed by atoms with E-state index >= 15 is 0 Å². The molecule has 0 N–H and O–H groups in total. The van der Waals surface area contributed by atoms with Gasteiger partial charge in [-0.2, -0.15) is 0 Å². The normalized spacial score (nSPS) is 11.6. The largest absolute Gasteiger partial charge is 0.298 e. The zero-order valence-electron chi connectivity index (χ0n) is 14.0. The first kappa shape index (κ1) is 17.5. The van der Waals surface area contributed by atoms with Crippen LogP contribution < -0.4 is 0 Å². The number of aldehydes is 1. The SMILES string of the molecule is O=Cc1cn(S(=O)(=O)c2ccccc2-c2ccccc2Cl)c2ccccc12. The Balaban J connectivity index is 2.01. The summed E-state index contributed by atoms with van der Waals surface area (Å²) in [6.07, 6.45) is 2.02. The summed E-state index contributed by atoms with van der Waals surface area (Å²) < 4.78 is 28.1. The van der Waals surface area contributed by atoms with Crippen LogP contribution in [-0.4, -0.2) is 18.7 Å². The van der Waals surface area contributed by atoms with Crippen LogP contribution in [0.2, 0.25) is 5.02 Å². The second-order valence-corrected chi connectivity index (χ2v) is 8.19. The molecule has 0 unspecified atom stereocenters. The summed E-state index contributed by atoms with van der Waals surface area (Å²) in [7, 11) is -3.95. The summed E-state index contributed by atoms with van der Waals surface area (Å²) in [4.78, 5) is 11.5. The molecule has 1 aromatic heterocycles. The van der Waals surface area contributed by atoms with E-state index in [1.54, 1.807) is 72.8 Å². The smallest absolute Gasteiger partial charge is 0.268 e. The Morgan fingerprint density at radius 2 is 1.44 bits per heavy atom. The molecule has 0 bridgehead atoms. The molecule has 0 saturated heterocycles. The monoisotopic (exact) mass is 395 g/mol. The van der Waals surface area contributed by atoms with Gasteiger partial charge in [0.05, 0.1) is 10.4 Å². The lowest BCUT2D eigenvalue weighted by Crippen LogP contribution is -2.13. The molecule has 134 valence electrons. The van der Waals surface area contributed by atoms with Gasteiger partial charge in [0.1, 0.15) is 0 Å². The number of hydrogen-bond acceptors (Lipinski definition) is 3. The molecule has 3 aromatic carbocycles. The Morgan fingerprint density at radius 3 is 2.19 bits per heavy atom. The Labute approximate surface area is 161 Å². The molecular formula is C21H14ClNO3S. The van der Waals surface area contributed by atoms with Gasteiger partial charge in [-0.15, -0.1) is 0 Å². The number of fused-ring (bicyclic) bond motifs is 1. The van der Waals surface area contributed by atoms with Crippen molar-refractivity contribution in [3.63, 3.8) is 0 Å². The van der Waals surface area contributed by atoms with Crippen LogP contribution in [-0.2, 0) is 10.0 Å². The summed E-state index contributed by atoms with van der Waals surface area (Å²) in [5.74, 6) is 0. The molecule has 4 nitrogen and oxygen atoms in total. The lowest BCUT2D eigenvalue weighted by Gasteiger charge is -2.13. The van der Waals surface area contributed by atoms with E-state index < -0.39 is 10.0 Å². The van der Waals surface area contributed by atoms with Crippen LogP contribution in [0.25, 0.3) is 22.0 Å². The average molecular weight is 396 g/mol. The maximum absolute atomic E-state index is 13.5. The van der Waals surface area contributed by atoms with E-state index in [0.717, 1.165) is 3.97 Å². The van der Waals surface area contributed by atoms with Crippen molar-refractivity contribution >= 4 is 38.8 Å². The molecule has 1 heterocycles. The van der Waals surface area contributed by atoms with Gasteiger partial charge in [-0.1, -0.05) is 66.2 Å². The number of benzene rings is 3. The van der Waals surface area contributed by atoms with Crippen molar-refractivity contribution in [1.82, 2.24) is 3.97 Å². The summed E-state index contributed by atoms with van der Waals surface area (Å²) in [6, 6.07) is 20.7. The van der Waals surface area contributed by atoms with E-state index in [1.807, 2.05) is 0 Å². The number of halogens is 1. The Kier molecular flexibility index (Phi) is 4.34. The van der Waals surface area contributed by atoms with Gasteiger partial charge in [-0.25, -0.2) is 12.4 Å². The number of para-hydroxylation sites is 1. The summed E-state index contributed by atoms with van der Waals surface area (Å²) >= 11 is 6.30. The topological polar surface area (TPSA) is 56.1 Å². The number of nitrogens with zero attached hydrogens (tertiary/aromatic N) is 1. The molecule has 0 atom stereocenters. The second kappa shape index (κ2) is 6.68. The standard InChI is InChI=1S/C21H14ClNO3S/c22-19-10-4-1-8-17(19)18-9-3-6-12-21(18)27(25,26)23-13-15(14-24)16-7-2-5-11-20(16)23/h1-14H. The fourth-order valence-electron chi connectivity index (χ4n) is 3.17. The first-order valence-electron chi connectivity index (χ1n) is 8.19. The summed E-state index contributed by atoms with van der Waals surface area (Å²) in [5, 5.41) is 1.05. The van der Waals surface area contributed by atoms with Crippen LogP contribution in [0, 0.1) is 0 Å². The van der Waals surface area contributed by atoms with Gasteiger partial charge < -0.3 is 0 Å². The fraction of sp³-hybridized carbons (Fsp3) is 0. The highest BCUT2D eigenvalue weighted by molar-refractivity contribution is 7.90. The third-order valence-electron chi connectivity index (χ3n) is 4.42. The molecule has 4 aromatic rings. The zero-order valence-corrected chi connectivity index (χ0v) is 15.6. The lowest BCUT2D eigenvalue weighted by atomic mass is 10.1. The number of rotatable bonds is 4. The van der Waals surface area contributed by atoms with E-state index in [4.69, 9.17) is 11.6 Å². The first-order chi connectivity index (χ1) is 13.0. The predicted molar refractivity (Wildman–Crippen MR) is 107 cm³/mol. The van der Waals surface area contributed by atoms with Gasteiger partial charge in [0, 0.05) is 33.3 Å². The Bertz CT molecular complexity index is 1280. The predicted octanol–water partition coefficient (Wildman–Crippen LogP) is 5.01. The molecule has 0 amide bonds. The quantitative estimate of drug-likeness (QED) is 0.456. The van der Waals surface area contributed by atoms with Gasteiger partial charge in [-0.3, -0.25) is 4.79 Å². The minimum Gasteiger partial charge on any atom is -0.298 e. The Morgan fingerprint density at radius 1 is 0.815 bits per heavy atom. The van der Waals surface area contributed by atoms with E-state index in [-0.39, 0.29) is 4.90 Å². The molecule has 27 heavy (non-hydrogen) atoms. The molecule has 0 aliphatic rings. The molecule has 0 aliphatic carbocycles. The van der Waals surface area contributed by atoms with Gasteiger partial charge in [0.15, 0.2) is 6.29 Å². The van der Waals surface area contributed by atoms with Crippen molar-refractivity contribution in [2.75, 3.05) is 0 Å². The summed E-state index contributed by atoms with van der Waals surface area (Å²) in [6.45, 7) is 0. The van der Waals surface area contributed by atoms with E-state index in [2.05, 4.69) is 0 Å². The zero-order chi connectivity index (χ0) is 19.0. The second-order valence-electron chi connectivity index (χ2n) is 6.00. The highest BCUT2D eigenvalue weighted by atomic mass is 35.5. The van der Waals surface area contributed by atoms with Crippen molar-refractivity contribution in [3.05, 3.63) is 89.6 Å². The number of carbonyl (C=O) groups excluding carboxylic acids is 1.